The van der Waals surface area contributed by atoms with Crippen molar-refractivity contribution in [2.45, 2.75) is 32.9 Å². The Labute approximate surface area is 161 Å². The van der Waals surface area contributed by atoms with Gasteiger partial charge in [0, 0.05) is 17.7 Å². The van der Waals surface area contributed by atoms with Crippen molar-refractivity contribution in [1.29, 1.82) is 0 Å². The molecule has 2 aliphatic rings. The Hall–Kier alpha value is -2.46. The lowest BCUT2D eigenvalue weighted by Crippen LogP contribution is -2.46. The van der Waals surface area contributed by atoms with E-state index in [4.69, 9.17) is 4.99 Å². The fraction of sp³-hybridized carbons (Fsp3) is 0.391. The summed E-state index contributed by atoms with van der Waals surface area (Å²) in [5, 5.41) is 3.08. The molecule has 27 heavy (non-hydrogen) atoms. The summed E-state index contributed by atoms with van der Waals surface area (Å²) in [5.41, 5.74) is 4.13. The number of rotatable bonds is 4. The standard InChI is InChI=1S/C23H27N3O/c1-23(2)13-16(14-23)15-26(3)21-22(27)24-19-12-8-7-11-18(19)20(25-21)17-9-5-4-6-10-17/h4-12,16,21H,13-15H2,1-3H3,(H,24,27). The molecule has 0 radical (unpaired) electrons. The first-order valence-corrected chi connectivity index (χ1v) is 9.67. The fourth-order valence-electron chi connectivity index (χ4n) is 4.51. The van der Waals surface area contributed by atoms with Crippen LogP contribution >= 0.6 is 0 Å². The van der Waals surface area contributed by atoms with E-state index in [-0.39, 0.29) is 5.91 Å². The average Bonchev–Trinajstić information content (AvgIpc) is 2.77. The van der Waals surface area contributed by atoms with Gasteiger partial charge in [-0.1, -0.05) is 62.4 Å². The number of amides is 1. The highest BCUT2D eigenvalue weighted by molar-refractivity contribution is 6.19. The molecular weight excluding hydrogens is 334 g/mol. The van der Waals surface area contributed by atoms with Gasteiger partial charge in [0.2, 0.25) is 0 Å². The quantitative estimate of drug-likeness (QED) is 0.888. The molecule has 140 valence electrons. The molecule has 1 fully saturated rings. The molecule has 1 aliphatic heterocycles. The molecule has 0 bridgehead atoms. The zero-order chi connectivity index (χ0) is 19.0. The van der Waals surface area contributed by atoms with Crippen LogP contribution in [-0.4, -0.2) is 36.3 Å². The highest BCUT2D eigenvalue weighted by Gasteiger charge is 2.38. The van der Waals surface area contributed by atoms with Crippen molar-refractivity contribution in [1.82, 2.24) is 4.90 Å². The van der Waals surface area contributed by atoms with Crippen molar-refractivity contribution in [3.05, 3.63) is 65.7 Å². The molecule has 4 rings (SSSR count). The zero-order valence-corrected chi connectivity index (χ0v) is 16.3. The van der Waals surface area contributed by atoms with Crippen LogP contribution < -0.4 is 5.32 Å². The van der Waals surface area contributed by atoms with Crippen molar-refractivity contribution in [3.8, 4) is 0 Å². The van der Waals surface area contributed by atoms with E-state index in [9.17, 15) is 4.79 Å². The second kappa shape index (κ2) is 6.93. The monoisotopic (exact) mass is 361 g/mol. The third-order valence-corrected chi connectivity index (χ3v) is 5.62. The number of benzodiazepines with no additional fused rings is 1. The summed E-state index contributed by atoms with van der Waals surface area (Å²) >= 11 is 0. The van der Waals surface area contributed by atoms with Crippen LogP contribution in [0.5, 0.6) is 0 Å². The second-order valence-corrected chi connectivity index (χ2v) is 8.63. The number of aliphatic imine (C=N–C) groups is 1. The lowest BCUT2D eigenvalue weighted by atomic mass is 9.64. The number of likely N-dealkylation sites (N-methyl/N-ethyl adjacent to an activating group) is 1. The Bertz CT molecular complexity index is 864. The van der Waals surface area contributed by atoms with E-state index in [2.05, 4.69) is 36.2 Å². The number of hydrogen-bond acceptors (Lipinski definition) is 3. The van der Waals surface area contributed by atoms with Crippen LogP contribution in [0.2, 0.25) is 0 Å². The molecule has 1 amide bonds. The molecule has 0 saturated heterocycles. The lowest BCUT2D eigenvalue weighted by Gasteiger charge is -2.44. The number of anilines is 1. The predicted molar refractivity (Wildman–Crippen MR) is 110 cm³/mol. The first-order chi connectivity index (χ1) is 12.9. The van der Waals surface area contributed by atoms with E-state index in [0.29, 0.717) is 11.3 Å². The Balaban J connectivity index is 1.67. The van der Waals surface area contributed by atoms with Gasteiger partial charge in [-0.15, -0.1) is 0 Å². The summed E-state index contributed by atoms with van der Waals surface area (Å²) in [5.74, 6) is 0.577. The Morgan fingerprint density at radius 3 is 2.44 bits per heavy atom. The first-order valence-electron chi connectivity index (χ1n) is 9.67. The minimum Gasteiger partial charge on any atom is -0.322 e. The van der Waals surface area contributed by atoms with Crippen molar-refractivity contribution in [2.24, 2.45) is 16.3 Å². The fourth-order valence-corrected chi connectivity index (χ4v) is 4.51. The molecular formula is C23H27N3O. The van der Waals surface area contributed by atoms with E-state index < -0.39 is 6.17 Å². The molecule has 2 aromatic rings. The van der Waals surface area contributed by atoms with Crippen molar-refractivity contribution in [3.63, 3.8) is 0 Å². The van der Waals surface area contributed by atoms with E-state index >= 15 is 0 Å². The van der Waals surface area contributed by atoms with Crippen LogP contribution in [0.1, 0.15) is 37.8 Å². The molecule has 1 saturated carbocycles. The van der Waals surface area contributed by atoms with Crippen LogP contribution in [0.3, 0.4) is 0 Å². The number of carbonyl (C=O) groups is 1. The minimum absolute atomic E-state index is 0.0607. The zero-order valence-electron chi connectivity index (χ0n) is 16.3. The summed E-state index contributed by atoms with van der Waals surface area (Å²) in [7, 11) is 2.01. The Morgan fingerprint density at radius 2 is 1.74 bits per heavy atom. The number of fused-ring (bicyclic) bond motifs is 1. The van der Waals surface area contributed by atoms with Crippen LogP contribution in [0.4, 0.5) is 5.69 Å². The van der Waals surface area contributed by atoms with Gasteiger partial charge in [0.15, 0.2) is 6.17 Å². The minimum atomic E-state index is -0.517. The molecule has 1 heterocycles. The van der Waals surface area contributed by atoms with Gasteiger partial charge in [0.1, 0.15) is 0 Å². The Morgan fingerprint density at radius 1 is 1.07 bits per heavy atom. The van der Waals surface area contributed by atoms with Gasteiger partial charge in [-0.3, -0.25) is 14.7 Å². The first kappa shape index (κ1) is 17.9. The maximum Gasteiger partial charge on any atom is 0.264 e. The Kier molecular flexibility index (Phi) is 4.60. The van der Waals surface area contributed by atoms with Crippen molar-refractivity contribution < 1.29 is 4.79 Å². The van der Waals surface area contributed by atoms with Gasteiger partial charge in [-0.25, -0.2) is 0 Å². The number of para-hydroxylation sites is 1. The van der Waals surface area contributed by atoms with E-state index in [0.717, 1.165) is 29.1 Å². The molecule has 1 aliphatic carbocycles. The third kappa shape index (κ3) is 3.67. The molecule has 2 aromatic carbocycles. The summed E-state index contributed by atoms with van der Waals surface area (Å²) in [6.45, 7) is 5.51. The summed E-state index contributed by atoms with van der Waals surface area (Å²) in [6, 6.07) is 18.0. The van der Waals surface area contributed by atoms with Crippen molar-refractivity contribution >= 4 is 17.3 Å². The number of benzene rings is 2. The number of hydrogen-bond donors (Lipinski definition) is 1. The van der Waals surface area contributed by atoms with E-state index in [1.54, 1.807) is 0 Å². The second-order valence-electron chi connectivity index (χ2n) is 8.63. The van der Waals surface area contributed by atoms with Gasteiger partial charge in [-0.2, -0.15) is 0 Å². The third-order valence-electron chi connectivity index (χ3n) is 5.62. The molecule has 1 N–H and O–H groups in total. The van der Waals surface area contributed by atoms with Crippen LogP contribution in [0.15, 0.2) is 59.6 Å². The van der Waals surface area contributed by atoms with Crippen LogP contribution in [-0.2, 0) is 4.79 Å². The highest BCUT2D eigenvalue weighted by Crippen LogP contribution is 2.45. The number of nitrogens with zero attached hydrogens (tertiary/aromatic N) is 2. The smallest absolute Gasteiger partial charge is 0.264 e. The SMILES string of the molecule is CN(CC1CC(C)(C)C1)C1N=C(c2ccccc2)c2ccccc2NC1=O. The topological polar surface area (TPSA) is 44.7 Å². The van der Waals surface area contributed by atoms with Crippen molar-refractivity contribution in [2.75, 3.05) is 18.9 Å². The van der Waals surface area contributed by atoms with Crippen LogP contribution in [0.25, 0.3) is 0 Å². The number of nitrogens with one attached hydrogen (secondary N) is 1. The summed E-state index contributed by atoms with van der Waals surface area (Å²) in [4.78, 5) is 20.0. The maximum atomic E-state index is 13.0. The maximum absolute atomic E-state index is 13.0. The van der Waals surface area contributed by atoms with Gasteiger partial charge in [0.25, 0.3) is 5.91 Å². The normalized spacial score (nSPS) is 21.7. The van der Waals surface area contributed by atoms with Gasteiger partial charge in [-0.05, 0) is 37.3 Å². The highest BCUT2D eigenvalue weighted by atomic mass is 16.2. The van der Waals surface area contributed by atoms with E-state index in [1.165, 1.54) is 12.8 Å². The molecule has 4 nitrogen and oxygen atoms in total. The van der Waals surface area contributed by atoms with Gasteiger partial charge < -0.3 is 5.32 Å². The average molecular weight is 361 g/mol. The van der Waals surface area contributed by atoms with Crippen LogP contribution in [0, 0.1) is 11.3 Å². The largest absolute Gasteiger partial charge is 0.322 e. The molecule has 1 atom stereocenters. The van der Waals surface area contributed by atoms with Gasteiger partial charge in [0.05, 0.1) is 11.4 Å². The number of carbonyl (C=O) groups excluding carboxylic acids is 1. The predicted octanol–water partition coefficient (Wildman–Crippen LogP) is 4.17. The molecule has 4 heteroatoms. The molecule has 0 spiro atoms. The lowest BCUT2D eigenvalue weighted by molar-refractivity contribution is -0.121. The molecule has 0 aromatic heterocycles. The van der Waals surface area contributed by atoms with E-state index in [1.807, 2.05) is 49.5 Å². The summed E-state index contributed by atoms with van der Waals surface area (Å²) in [6.07, 6.45) is 1.90. The molecule has 1 unspecified atom stereocenters. The summed E-state index contributed by atoms with van der Waals surface area (Å²) < 4.78 is 0. The van der Waals surface area contributed by atoms with Gasteiger partial charge >= 0.3 is 0 Å².